The van der Waals surface area contributed by atoms with Crippen molar-refractivity contribution in [2.45, 2.75) is 0 Å². The maximum Gasteiger partial charge on any atom is 0.0900 e. The largest absolute Gasteiger partial charge is 0.385 e. The molecule has 1 nitrogen and oxygen atoms in total. The van der Waals surface area contributed by atoms with Crippen molar-refractivity contribution in [3.8, 4) is 0 Å². The minimum Gasteiger partial charge on any atom is -0.385 e. The predicted molar refractivity (Wildman–Crippen MR) is 51.6 cm³/mol. The highest BCUT2D eigenvalue weighted by atomic mass is 127. The maximum absolute atomic E-state index is 5.79. The maximum atomic E-state index is 5.79. The molecule has 1 heterocycles. The topological polar surface area (TPSA) is 12.0 Å². The van der Waals surface area contributed by atoms with Gasteiger partial charge in [-0.3, -0.25) is 0 Å². The number of hydrogen-bond acceptors (Lipinski definition) is 2. The average Bonchev–Trinajstić information content (AvgIpc) is 2.12. The normalized spacial score (nSPS) is 9.67. The van der Waals surface area contributed by atoms with Crippen LogP contribution in [0.5, 0.6) is 0 Å². The van der Waals surface area contributed by atoms with Gasteiger partial charge in [-0.25, -0.2) is 0 Å². The molecule has 0 saturated heterocycles. The monoisotopic (exact) mass is 273 g/mol. The molecule has 0 radical (unpaired) electrons. The van der Waals surface area contributed by atoms with Crippen LogP contribution in [0, 0.1) is 2.88 Å². The van der Waals surface area contributed by atoms with Gasteiger partial charge in [0.2, 0.25) is 0 Å². The smallest absolute Gasteiger partial charge is 0.0900 e. The average molecular weight is 274 g/mol. The number of halogens is 2. The minimum absolute atomic E-state index is 0.812. The van der Waals surface area contributed by atoms with Gasteiger partial charge in [0.25, 0.3) is 0 Å². The Bertz CT molecular complexity index is 191. The zero-order chi connectivity index (χ0) is 6.85. The highest BCUT2D eigenvalue weighted by molar-refractivity contribution is 14.1. The van der Waals surface area contributed by atoms with E-state index < -0.39 is 0 Å². The van der Waals surface area contributed by atoms with E-state index in [0.717, 1.165) is 10.7 Å². The molecular formula is C5H5ClINS. The van der Waals surface area contributed by atoms with Crippen molar-refractivity contribution in [1.82, 2.24) is 0 Å². The van der Waals surface area contributed by atoms with Crippen LogP contribution in [0.3, 0.4) is 0 Å². The van der Waals surface area contributed by atoms with E-state index >= 15 is 0 Å². The van der Waals surface area contributed by atoms with Gasteiger partial charge < -0.3 is 5.32 Å². The third kappa shape index (κ3) is 1.50. The third-order valence-electron chi connectivity index (χ3n) is 0.951. The van der Waals surface area contributed by atoms with Crippen LogP contribution in [0.4, 0.5) is 5.69 Å². The van der Waals surface area contributed by atoms with Gasteiger partial charge in [0, 0.05) is 12.4 Å². The Hall–Kier alpha value is 0.520. The van der Waals surface area contributed by atoms with Crippen LogP contribution in [0.15, 0.2) is 5.38 Å². The Morgan fingerprint density at radius 3 is 2.67 bits per heavy atom. The molecule has 4 heteroatoms. The lowest BCUT2D eigenvalue weighted by Gasteiger charge is -1.94. The molecule has 1 aromatic rings. The summed E-state index contributed by atoms with van der Waals surface area (Å²) in [5.41, 5.74) is 1.04. The van der Waals surface area contributed by atoms with Gasteiger partial charge >= 0.3 is 0 Å². The van der Waals surface area contributed by atoms with Crippen molar-refractivity contribution in [3.63, 3.8) is 0 Å². The summed E-state index contributed by atoms with van der Waals surface area (Å²) < 4.78 is 1.21. The van der Waals surface area contributed by atoms with Gasteiger partial charge in [-0.1, -0.05) is 11.6 Å². The number of anilines is 1. The zero-order valence-corrected chi connectivity index (χ0v) is 8.47. The molecule has 0 fully saturated rings. The van der Waals surface area contributed by atoms with E-state index in [1.54, 1.807) is 11.3 Å². The van der Waals surface area contributed by atoms with E-state index in [-0.39, 0.29) is 0 Å². The van der Waals surface area contributed by atoms with Crippen molar-refractivity contribution < 1.29 is 0 Å². The van der Waals surface area contributed by atoms with Crippen molar-refractivity contribution in [1.29, 1.82) is 0 Å². The van der Waals surface area contributed by atoms with Gasteiger partial charge in [0.15, 0.2) is 0 Å². The summed E-state index contributed by atoms with van der Waals surface area (Å²) in [4.78, 5) is 0. The predicted octanol–water partition coefficient (Wildman–Crippen LogP) is 3.05. The Kier molecular flexibility index (Phi) is 2.60. The Morgan fingerprint density at radius 1 is 1.78 bits per heavy atom. The van der Waals surface area contributed by atoms with Crippen LogP contribution in [0.2, 0.25) is 5.02 Å². The van der Waals surface area contributed by atoms with Crippen LogP contribution in [-0.4, -0.2) is 7.05 Å². The van der Waals surface area contributed by atoms with Gasteiger partial charge in [-0.05, 0) is 22.6 Å². The molecule has 0 spiro atoms. The number of rotatable bonds is 1. The highest BCUT2D eigenvalue weighted by Crippen LogP contribution is 2.32. The fraction of sp³-hybridized carbons (Fsp3) is 0.200. The second-order valence-electron chi connectivity index (χ2n) is 1.48. The molecule has 0 aliphatic carbocycles. The van der Waals surface area contributed by atoms with Crippen LogP contribution < -0.4 is 5.32 Å². The summed E-state index contributed by atoms with van der Waals surface area (Å²) >= 11 is 9.69. The Morgan fingerprint density at radius 2 is 2.44 bits per heavy atom. The van der Waals surface area contributed by atoms with Crippen molar-refractivity contribution in [2.24, 2.45) is 0 Å². The molecule has 1 N–H and O–H groups in total. The Balaban J connectivity index is 3.07. The molecule has 0 atom stereocenters. The van der Waals surface area contributed by atoms with Gasteiger partial charge in [0.05, 0.1) is 13.6 Å². The molecule has 0 aliphatic rings. The first-order chi connectivity index (χ1) is 4.25. The molecule has 50 valence electrons. The lowest BCUT2D eigenvalue weighted by atomic mass is 10.5. The number of nitrogens with one attached hydrogen (secondary N) is 1. The summed E-state index contributed by atoms with van der Waals surface area (Å²) in [6, 6.07) is 0. The van der Waals surface area contributed by atoms with Gasteiger partial charge in [0.1, 0.15) is 0 Å². The van der Waals surface area contributed by atoms with Crippen molar-refractivity contribution >= 4 is 51.2 Å². The molecule has 0 aliphatic heterocycles. The standard InChI is InChI=1S/C5H5ClINS/c1-8-4-3(6)2-9-5(4)7/h2,8H,1H3. The highest BCUT2D eigenvalue weighted by Gasteiger charge is 2.03. The Labute approximate surface area is 76.6 Å². The molecule has 0 amide bonds. The van der Waals surface area contributed by atoms with E-state index in [1.807, 2.05) is 12.4 Å². The van der Waals surface area contributed by atoms with Crippen LogP contribution in [0.1, 0.15) is 0 Å². The summed E-state index contributed by atoms with van der Waals surface area (Å²) in [6.45, 7) is 0. The summed E-state index contributed by atoms with van der Waals surface area (Å²) in [7, 11) is 1.87. The SMILES string of the molecule is CNc1c(Cl)csc1I. The fourth-order valence-corrected chi connectivity index (χ4v) is 2.67. The fourth-order valence-electron chi connectivity index (χ4n) is 0.533. The number of hydrogen-bond donors (Lipinski definition) is 1. The molecule has 0 aromatic carbocycles. The van der Waals surface area contributed by atoms with Crippen LogP contribution in [-0.2, 0) is 0 Å². The molecule has 0 saturated carbocycles. The van der Waals surface area contributed by atoms with E-state index in [9.17, 15) is 0 Å². The van der Waals surface area contributed by atoms with Crippen molar-refractivity contribution in [2.75, 3.05) is 12.4 Å². The molecule has 1 aromatic heterocycles. The quantitative estimate of drug-likeness (QED) is 0.776. The van der Waals surface area contributed by atoms with E-state index in [0.29, 0.717) is 0 Å². The van der Waals surface area contributed by atoms with Crippen molar-refractivity contribution in [3.05, 3.63) is 13.3 Å². The first-order valence-corrected chi connectivity index (χ1v) is 4.69. The third-order valence-corrected chi connectivity index (χ3v) is 3.45. The zero-order valence-electron chi connectivity index (χ0n) is 4.74. The van der Waals surface area contributed by atoms with Crippen LogP contribution in [0.25, 0.3) is 0 Å². The summed E-state index contributed by atoms with van der Waals surface area (Å²) in [6.07, 6.45) is 0. The first-order valence-electron chi connectivity index (χ1n) is 2.36. The van der Waals surface area contributed by atoms with E-state index in [1.165, 1.54) is 2.88 Å². The van der Waals surface area contributed by atoms with Gasteiger partial charge in [-0.2, -0.15) is 0 Å². The molecule has 0 bridgehead atoms. The molecule has 9 heavy (non-hydrogen) atoms. The first kappa shape index (κ1) is 7.63. The lowest BCUT2D eigenvalue weighted by molar-refractivity contribution is 1.54. The second kappa shape index (κ2) is 3.07. The molecule has 0 unspecified atom stereocenters. The molecular weight excluding hydrogens is 268 g/mol. The van der Waals surface area contributed by atoms with E-state index in [4.69, 9.17) is 11.6 Å². The van der Waals surface area contributed by atoms with E-state index in [2.05, 4.69) is 27.9 Å². The second-order valence-corrected chi connectivity index (χ2v) is 4.58. The summed E-state index contributed by atoms with van der Waals surface area (Å²) in [5.74, 6) is 0. The lowest BCUT2D eigenvalue weighted by Crippen LogP contribution is -1.86. The van der Waals surface area contributed by atoms with Gasteiger partial charge in [-0.15, -0.1) is 11.3 Å². The van der Waals surface area contributed by atoms with Crippen LogP contribution >= 0.6 is 45.5 Å². The minimum atomic E-state index is 0.812. The summed E-state index contributed by atoms with van der Waals surface area (Å²) in [5, 5.41) is 5.75. The number of thiophene rings is 1. The molecule has 1 rings (SSSR count).